The maximum absolute atomic E-state index is 12.2. The molecule has 1 rings (SSSR count). The van der Waals surface area contributed by atoms with Crippen molar-refractivity contribution in [1.29, 1.82) is 0 Å². The molecule has 0 N–H and O–H groups in total. The van der Waals surface area contributed by atoms with E-state index in [2.05, 4.69) is 4.74 Å². The van der Waals surface area contributed by atoms with Crippen LogP contribution in [0.5, 0.6) is 0 Å². The first-order valence-corrected chi connectivity index (χ1v) is 5.98. The van der Waals surface area contributed by atoms with E-state index in [9.17, 15) is 29.8 Å². The van der Waals surface area contributed by atoms with Crippen molar-refractivity contribution < 1.29 is 24.2 Å². The van der Waals surface area contributed by atoms with Gasteiger partial charge in [-0.2, -0.15) is 0 Å². The topological polar surface area (TPSA) is 133 Å². The van der Waals surface area contributed by atoms with Crippen molar-refractivity contribution in [3.63, 3.8) is 0 Å². The Morgan fingerprint density at radius 3 is 1.95 bits per heavy atom. The number of esters is 1. The average Bonchev–Trinajstić information content (AvgIpc) is 2.51. The van der Waals surface area contributed by atoms with Gasteiger partial charge in [0.1, 0.15) is 6.04 Å². The average molecular weight is 311 g/mol. The van der Waals surface area contributed by atoms with Crippen molar-refractivity contribution in [2.75, 3.05) is 14.2 Å². The standard InChI is InChI=1S/C12H13N3O7/c1-7(12(17)22-3)13(2)11(16)8-4-9(14(18)19)6-10(5-8)15(20)21/h4-7H,1-3H3/t7-/m0/s1. The minimum absolute atomic E-state index is 0.265. The molecule has 10 heteroatoms. The van der Waals surface area contributed by atoms with Crippen molar-refractivity contribution in [2.24, 2.45) is 0 Å². The molecule has 1 aromatic carbocycles. The molecule has 0 aliphatic carbocycles. The Kier molecular flexibility index (Phi) is 5.11. The fourth-order valence-electron chi connectivity index (χ4n) is 1.64. The van der Waals surface area contributed by atoms with Gasteiger partial charge >= 0.3 is 5.97 Å². The Bertz CT molecular complexity index is 611. The molecule has 0 aliphatic rings. The zero-order chi connectivity index (χ0) is 17.0. The fraction of sp³-hybridized carbons (Fsp3) is 0.333. The Morgan fingerprint density at radius 2 is 1.59 bits per heavy atom. The molecule has 1 amide bonds. The third-order valence-corrected chi connectivity index (χ3v) is 3.01. The molecule has 0 saturated carbocycles. The van der Waals surface area contributed by atoms with Crippen LogP contribution in [0.4, 0.5) is 11.4 Å². The number of nitrogens with zero attached hydrogens (tertiary/aromatic N) is 3. The van der Waals surface area contributed by atoms with Crippen LogP contribution < -0.4 is 0 Å². The highest BCUT2D eigenvalue weighted by atomic mass is 16.6. The quantitative estimate of drug-likeness (QED) is 0.452. The summed E-state index contributed by atoms with van der Waals surface area (Å²) in [4.78, 5) is 44.5. The number of amides is 1. The van der Waals surface area contributed by atoms with Gasteiger partial charge in [0.05, 0.1) is 28.6 Å². The molecule has 0 radical (unpaired) electrons. The van der Waals surface area contributed by atoms with Gasteiger partial charge in [-0.3, -0.25) is 25.0 Å². The van der Waals surface area contributed by atoms with Crippen molar-refractivity contribution in [3.8, 4) is 0 Å². The Balaban J connectivity index is 3.24. The summed E-state index contributed by atoms with van der Waals surface area (Å²) in [5.74, 6) is -1.46. The number of non-ortho nitro benzene ring substituents is 2. The van der Waals surface area contributed by atoms with Gasteiger partial charge in [-0.05, 0) is 6.92 Å². The molecule has 118 valence electrons. The van der Waals surface area contributed by atoms with Crippen LogP contribution >= 0.6 is 0 Å². The SMILES string of the molecule is COC(=O)[C@H](C)N(C)C(=O)c1cc([N+](=O)[O-])cc([N+](=O)[O-])c1. The van der Waals surface area contributed by atoms with E-state index in [1.165, 1.54) is 14.0 Å². The Hall–Kier alpha value is -3.04. The summed E-state index contributed by atoms with van der Waals surface area (Å²) in [6.45, 7) is 1.40. The number of nitro groups is 2. The number of carbonyl (C=O) groups excluding carboxylic acids is 2. The molecule has 1 atom stereocenters. The molecule has 1 aromatic rings. The van der Waals surface area contributed by atoms with Gasteiger partial charge in [-0.1, -0.05) is 0 Å². The third-order valence-electron chi connectivity index (χ3n) is 3.01. The molecular weight excluding hydrogens is 298 g/mol. The van der Waals surface area contributed by atoms with Crippen LogP contribution in [0, 0.1) is 20.2 Å². The van der Waals surface area contributed by atoms with Crippen LogP contribution in [-0.4, -0.2) is 46.8 Å². The van der Waals surface area contributed by atoms with E-state index >= 15 is 0 Å². The molecule has 0 spiro atoms. The van der Waals surface area contributed by atoms with Gasteiger partial charge in [-0.15, -0.1) is 0 Å². The number of ether oxygens (including phenoxy) is 1. The van der Waals surface area contributed by atoms with Crippen molar-refractivity contribution >= 4 is 23.3 Å². The van der Waals surface area contributed by atoms with Crippen molar-refractivity contribution in [3.05, 3.63) is 44.0 Å². The van der Waals surface area contributed by atoms with Gasteiger partial charge < -0.3 is 9.64 Å². The van der Waals surface area contributed by atoms with E-state index in [4.69, 9.17) is 0 Å². The summed E-state index contributed by atoms with van der Waals surface area (Å²) >= 11 is 0. The van der Waals surface area contributed by atoms with E-state index in [1.54, 1.807) is 0 Å². The van der Waals surface area contributed by atoms with E-state index in [0.717, 1.165) is 30.2 Å². The monoisotopic (exact) mass is 311 g/mol. The minimum atomic E-state index is -0.948. The zero-order valence-electron chi connectivity index (χ0n) is 12.0. The lowest BCUT2D eigenvalue weighted by molar-refractivity contribution is -0.394. The lowest BCUT2D eigenvalue weighted by Gasteiger charge is -2.22. The first-order valence-electron chi connectivity index (χ1n) is 5.98. The number of carbonyl (C=O) groups is 2. The predicted octanol–water partition coefficient (Wildman–Crippen LogP) is 1.14. The van der Waals surface area contributed by atoms with Crippen LogP contribution in [-0.2, 0) is 9.53 Å². The number of methoxy groups -OCH3 is 1. The summed E-state index contributed by atoms with van der Waals surface area (Å²) in [5, 5.41) is 21.6. The molecule has 0 aliphatic heterocycles. The maximum Gasteiger partial charge on any atom is 0.328 e. The summed E-state index contributed by atoms with van der Waals surface area (Å²) in [6, 6.07) is 1.63. The van der Waals surface area contributed by atoms with Crippen LogP contribution in [0.3, 0.4) is 0 Å². The predicted molar refractivity (Wildman–Crippen MR) is 73.3 cm³/mol. The van der Waals surface area contributed by atoms with Gasteiger partial charge in [-0.25, -0.2) is 4.79 Å². The number of hydrogen-bond acceptors (Lipinski definition) is 7. The molecule has 0 bridgehead atoms. The number of rotatable bonds is 5. The van der Waals surface area contributed by atoms with Crippen LogP contribution in [0.2, 0.25) is 0 Å². The molecule has 0 heterocycles. The third kappa shape index (κ3) is 3.53. The van der Waals surface area contributed by atoms with Crippen LogP contribution in [0.25, 0.3) is 0 Å². The van der Waals surface area contributed by atoms with Crippen molar-refractivity contribution in [1.82, 2.24) is 4.90 Å². The number of likely N-dealkylation sites (N-methyl/N-ethyl adjacent to an activating group) is 1. The van der Waals surface area contributed by atoms with Gasteiger partial charge in [0, 0.05) is 19.2 Å². The molecule has 0 fully saturated rings. The lowest BCUT2D eigenvalue weighted by Crippen LogP contribution is -2.40. The second-order valence-corrected chi connectivity index (χ2v) is 4.37. The highest BCUT2D eigenvalue weighted by Crippen LogP contribution is 2.23. The molecule has 0 aromatic heterocycles. The summed E-state index contributed by atoms with van der Waals surface area (Å²) in [5.41, 5.74) is -1.44. The summed E-state index contributed by atoms with van der Waals surface area (Å²) < 4.78 is 4.49. The van der Waals surface area contributed by atoms with Gasteiger partial charge in [0.2, 0.25) is 0 Å². The Morgan fingerprint density at radius 1 is 1.14 bits per heavy atom. The largest absolute Gasteiger partial charge is 0.467 e. The van der Waals surface area contributed by atoms with E-state index in [1.807, 2.05) is 0 Å². The number of benzene rings is 1. The molecule has 0 unspecified atom stereocenters. The lowest BCUT2D eigenvalue weighted by atomic mass is 10.1. The van der Waals surface area contributed by atoms with Crippen molar-refractivity contribution in [2.45, 2.75) is 13.0 Å². The zero-order valence-corrected chi connectivity index (χ0v) is 12.0. The smallest absolute Gasteiger partial charge is 0.328 e. The number of hydrogen-bond donors (Lipinski definition) is 0. The van der Waals surface area contributed by atoms with Gasteiger partial charge in [0.15, 0.2) is 0 Å². The molecule has 22 heavy (non-hydrogen) atoms. The summed E-state index contributed by atoms with van der Waals surface area (Å²) in [6.07, 6.45) is 0. The first kappa shape index (κ1) is 17.0. The highest BCUT2D eigenvalue weighted by molar-refractivity contribution is 5.97. The van der Waals surface area contributed by atoms with E-state index in [-0.39, 0.29) is 5.56 Å². The van der Waals surface area contributed by atoms with Crippen LogP contribution in [0.1, 0.15) is 17.3 Å². The second-order valence-electron chi connectivity index (χ2n) is 4.37. The minimum Gasteiger partial charge on any atom is -0.467 e. The first-order chi connectivity index (χ1) is 10.2. The normalized spacial score (nSPS) is 11.4. The Labute approximate surface area is 124 Å². The second kappa shape index (κ2) is 6.61. The highest BCUT2D eigenvalue weighted by Gasteiger charge is 2.27. The van der Waals surface area contributed by atoms with E-state index < -0.39 is 39.1 Å². The van der Waals surface area contributed by atoms with E-state index in [0.29, 0.717) is 0 Å². The molecule has 10 nitrogen and oxygen atoms in total. The number of nitro benzene ring substituents is 2. The molecular formula is C12H13N3O7. The summed E-state index contributed by atoms with van der Waals surface area (Å²) in [7, 11) is 2.43. The van der Waals surface area contributed by atoms with Gasteiger partial charge in [0.25, 0.3) is 17.3 Å². The maximum atomic E-state index is 12.2. The van der Waals surface area contributed by atoms with Crippen LogP contribution in [0.15, 0.2) is 18.2 Å². The molecule has 0 saturated heterocycles. The fourth-order valence-corrected chi connectivity index (χ4v) is 1.64.